The Balaban J connectivity index is 2.27. The number of carboxylic acid groups (broad SMARTS) is 1. The van der Waals surface area contributed by atoms with Gasteiger partial charge in [-0.05, 0) is 24.5 Å². The van der Waals surface area contributed by atoms with Gasteiger partial charge in [0.1, 0.15) is 11.6 Å². The van der Waals surface area contributed by atoms with Crippen LogP contribution in [0.5, 0.6) is 0 Å². The summed E-state index contributed by atoms with van der Waals surface area (Å²) in [4.78, 5) is 31.8. The second-order valence-corrected chi connectivity index (χ2v) is 5.22. The maximum atomic E-state index is 12.3. The summed E-state index contributed by atoms with van der Waals surface area (Å²) in [5.74, 6) is -1.32. The summed E-state index contributed by atoms with van der Waals surface area (Å²) < 4.78 is 0. The van der Waals surface area contributed by atoms with E-state index in [0.717, 1.165) is 0 Å². The predicted molar refractivity (Wildman–Crippen MR) is 77.9 cm³/mol. The molecule has 0 radical (unpaired) electrons. The third kappa shape index (κ3) is 3.53. The molecule has 1 amide bonds. The number of benzene rings is 1. The number of nitrogens with one attached hydrogen (secondary N) is 1. The standard InChI is InChI=1S/C15H17N3O3/c1-9(2)8-12(15(20)21)18-14(19)10-4-3-5-11-13(10)17-7-6-16-11/h3-7,9,12H,8H2,1-2H3,(H,18,19)(H,20,21)/t12-/m0/s1. The Labute approximate surface area is 122 Å². The summed E-state index contributed by atoms with van der Waals surface area (Å²) in [5.41, 5.74) is 1.39. The molecule has 6 nitrogen and oxygen atoms in total. The Hall–Kier alpha value is -2.50. The van der Waals surface area contributed by atoms with Gasteiger partial charge in [-0.1, -0.05) is 19.9 Å². The molecule has 2 aromatic rings. The van der Waals surface area contributed by atoms with Gasteiger partial charge in [0.15, 0.2) is 0 Å². The van der Waals surface area contributed by atoms with Gasteiger partial charge < -0.3 is 10.4 Å². The van der Waals surface area contributed by atoms with E-state index in [0.29, 0.717) is 23.0 Å². The fourth-order valence-corrected chi connectivity index (χ4v) is 2.10. The van der Waals surface area contributed by atoms with E-state index >= 15 is 0 Å². The first kappa shape index (κ1) is 14.9. The predicted octanol–water partition coefficient (Wildman–Crippen LogP) is 1.86. The maximum Gasteiger partial charge on any atom is 0.326 e. The summed E-state index contributed by atoms with van der Waals surface area (Å²) in [6.45, 7) is 3.82. The highest BCUT2D eigenvalue weighted by atomic mass is 16.4. The zero-order chi connectivity index (χ0) is 15.4. The molecule has 1 heterocycles. The van der Waals surface area contributed by atoms with Crippen LogP contribution in [0, 0.1) is 5.92 Å². The van der Waals surface area contributed by atoms with Crippen molar-refractivity contribution in [1.82, 2.24) is 15.3 Å². The average Bonchev–Trinajstić information content (AvgIpc) is 2.45. The largest absolute Gasteiger partial charge is 0.480 e. The number of para-hydroxylation sites is 1. The zero-order valence-electron chi connectivity index (χ0n) is 11.9. The van der Waals surface area contributed by atoms with E-state index < -0.39 is 17.9 Å². The molecule has 2 N–H and O–H groups in total. The highest BCUT2D eigenvalue weighted by Crippen LogP contribution is 2.14. The van der Waals surface area contributed by atoms with Crippen LogP contribution in [0.2, 0.25) is 0 Å². The average molecular weight is 287 g/mol. The Morgan fingerprint density at radius 2 is 1.95 bits per heavy atom. The first-order valence-electron chi connectivity index (χ1n) is 6.72. The quantitative estimate of drug-likeness (QED) is 0.875. The molecule has 2 rings (SSSR count). The number of carbonyl (C=O) groups is 2. The van der Waals surface area contributed by atoms with Crippen molar-refractivity contribution in [3.8, 4) is 0 Å². The summed E-state index contributed by atoms with van der Waals surface area (Å²) in [5, 5.41) is 11.7. The third-order valence-corrected chi connectivity index (χ3v) is 3.05. The van der Waals surface area contributed by atoms with Crippen LogP contribution in [0.3, 0.4) is 0 Å². The van der Waals surface area contributed by atoms with Crippen molar-refractivity contribution < 1.29 is 14.7 Å². The lowest BCUT2D eigenvalue weighted by Crippen LogP contribution is -2.41. The number of amides is 1. The van der Waals surface area contributed by atoms with E-state index in [1.807, 2.05) is 13.8 Å². The van der Waals surface area contributed by atoms with E-state index in [1.54, 1.807) is 24.4 Å². The first-order chi connectivity index (χ1) is 9.99. The van der Waals surface area contributed by atoms with Gasteiger partial charge in [-0.25, -0.2) is 4.79 Å². The van der Waals surface area contributed by atoms with Gasteiger partial charge in [0.25, 0.3) is 5.91 Å². The molecule has 1 aromatic heterocycles. The van der Waals surface area contributed by atoms with Crippen LogP contribution >= 0.6 is 0 Å². The Morgan fingerprint density at radius 1 is 1.24 bits per heavy atom. The first-order valence-corrected chi connectivity index (χ1v) is 6.72. The normalized spacial score (nSPS) is 12.3. The second-order valence-electron chi connectivity index (χ2n) is 5.22. The lowest BCUT2D eigenvalue weighted by atomic mass is 10.0. The van der Waals surface area contributed by atoms with E-state index in [2.05, 4.69) is 15.3 Å². The van der Waals surface area contributed by atoms with Crippen LogP contribution in [0.15, 0.2) is 30.6 Å². The van der Waals surface area contributed by atoms with Crippen LogP contribution in [0.4, 0.5) is 0 Å². The molecule has 0 bridgehead atoms. The molecule has 0 spiro atoms. The van der Waals surface area contributed by atoms with Gasteiger partial charge in [0.05, 0.1) is 11.1 Å². The number of hydrogen-bond acceptors (Lipinski definition) is 4. The SMILES string of the molecule is CC(C)C[C@H](NC(=O)c1cccc2nccnc12)C(=O)O. The van der Waals surface area contributed by atoms with Crippen LogP contribution in [-0.4, -0.2) is 33.0 Å². The zero-order valence-corrected chi connectivity index (χ0v) is 11.9. The van der Waals surface area contributed by atoms with Crippen LogP contribution in [0.25, 0.3) is 11.0 Å². The van der Waals surface area contributed by atoms with Crippen molar-refractivity contribution in [2.45, 2.75) is 26.3 Å². The number of nitrogens with zero attached hydrogens (tertiary/aromatic N) is 2. The molecule has 0 saturated heterocycles. The molecule has 0 aliphatic carbocycles. The number of aliphatic carboxylic acids is 1. The molecule has 0 unspecified atom stereocenters. The minimum atomic E-state index is -1.04. The lowest BCUT2D eigenvalue weighted by molar-refractivity contribution is -0.139. The minimum absolute atomic E-state index is 0.165. The Bertz CT molecular complexity index is 665. The van der Waals surface area contributed by atoms with Crippen molar-refractivity contribution in [1.29, 1.82) is 0 Å². The number of carbonyl (C=O) groups excluding carboxylic acids is 1. The van der Waals surface area contributed by atoms with Crippen molar-refractivity contribution in [3.05, 3.63) is 36.2 Å². The van der Waals surface area contributed by atoms with Gasteiger partial charge in [-0.2, -0.15) is 0 Å². The molecule has 0 aliphatic heterocycles. The van der Waals surface area contributed by atoms with Crippen LogP contribution in [0.1, 0.15) is 30.6 Å². The number of aromatic nitrogens is 2. The van der Waals surface area contributed by atoms with Crippen molar-refractivity contribution in [2.24, 2.45) is 5.92 Å². The molecule has 0 aliphatic rings. The summed E-state index contributed by atoms with van der Waals surface area (Å²) >= 11 is 0. The molecule has 6 heteroatoms. The van der Waals surface area contributed by atoms with Gasteiger partial charge in [0.2, 0.25) is 0 Å². The van der Waals surface area contributed by atoms with Gasteiger partial charge in [-0.3, -0.25) is 14.8 Å². The molecule has 1 aromatic carbocycles. The molecule has 0 fully saturated rings. The molecular weight excluding hydrogens is 270 g/mol. The van der Waals surface area contributed by atoms with Gasteiger partial charge in [0, 0.05) is 12.4 Å². The summed E-state index contributed by atoms with van der Waals surface area (Å²) in [6, 6.07) is 4.15. The number of fused-ring (bicyclic) bond motifs is 1. The third-order valence-electron chi connectivity index (χ3n) is 3.05. The fraction of sp³-hybridized carbons (Fsp3) is 0.333. The maximum absolute atomic E-state index is 12.3. The Kier molecular flexibility index (Phi) is 4.47. The van der Waals surface area contributed by atoms with Gasteiger partial charge in [-0.15, -0.1) is 0 Å². The molecular formula is C15H17N3O3. The number of rotatable bonds is 5. The second kappa shape index (κ2) is 6.30. The van der Waals surface area contributed by atoms with Crippen molar-refractivity contribution >= 4 is 22.9 Å². The molecule has 110 valence electrons. The number of hydrogen-bond donors (Lipinski definition) is 2. The smallest absolute Gasteiger partial charge is 0.326 e. The minimum Gasteiger partial charge on any atom is -0.480 e. The Morgan fingerprint density at radius 3 is 2.62 bits per heavy atom. The molecule has 1 atom stereocenters. The molecule has 21 heavy (non-hydrogen) atoms. The van der Waals surface area contributed by atoms with E-state index in [4.69, 9.17) is 0 Å². The number of carboxylic acids is 1. The molecule has 0 saturated carbocycles. The fourth-order valence-electron chi connectivity index (χ4n) is 2.10. The van der Waals surface area contributed by atoms with Gasteiger partial charge >= 0.3 is 5.97 Å². The summed E-state index contributed by atoms with van der Waals surface area (Å²) in [7, 11) is 0. The van der Waals surface area contributed by atoms with Crippen molar-refractivity contribution in [2.75, 3.05) is 0 Å². The summed E-state index contributed by atoms with van der Waals surface area (Å²) in [6.07, 6.45) is 3.42. The lowest BCUT2D eigenvalue weighted by Gasteiger charge is -2.16. The topological polar surface area (TPSA) is 92.2 Å². The van der Waals surface area contributed by atoms with Crippen LogP contribution in [-0.2, 0) is 4.79 Å². The van der Waals surface area contributed by atoms with E-state index in [-0.39, 0.29) is 5.92 Å². The highest BCUT2D eigenvalue weighted by molar-refractivity contribution is 6.05. The highest BCUT2D eigenvalue weighted by Gasteiger charge is 2.22. The van der Waals surface area contributed by atoms with E-state index in [9.17, 15) is 14.7 Å². The van der Waals surface area contributed by atoms with Crippen LogP contribution < -0.4 is 5.32 Å². The van der Waals surface area contributed by atoms with E-state index in [1.165, 1.54) is 6.20 Å². The van der Waals surface area contributed by atoms with Crippen molar-refractivity contribution in [3.63, 3.8) is 0 Å². The monoisotopic (exact) mass is 287 g/mol.